The summed E-state index contributed by atoms with van der Waals surface area (Å²) in [5, 5.41) is 3.42. The predicted molar refractivity (Wildman–Crippen MR) is 111 cm³/mol. The first-order chi connectivity index (χ1) is 13.3. The van der Waals surface area contributed by atoms with Crippen LogP contribution in [0.3, 0.4) is 0 Å². The fraction of sp³-hybridized carbons (Fsp3) is 0.0952. The van der Waals surface area contributed by atoms with Gasteiger partial charge in [-0.1, -0.05) is 41.9 Å². The molecule has 0 aliphatic carbocycles. The molecule has 0 aliphatic rings. The molecule has 0 heterocycles. The molecule has 0 saturated carbocycles. The van der Waals surface area contributed by atoms with Gasteiger partial charge in [0.1, 0.15) is 0 Å². The molecular weight excluding hydrogens is 396 g/mol. The van der Waals surface area contributed by atoms with E-state index in [0.29, 0.717) is 16.3 Å². The third kappa shape index (κ3) is 4.91. The van der Waals surface area contributed by atoms with Crippen molar-refractivity contribution < 1.29 is 13.2 Å². The standard InChI is InChI=1S/C21H19ClN2O3S/c1-15(16-5-3-2-4-6-16)23-21(25)17-7-13-20(14-8-17)28(26,27)24-19-11-9-18(22)10-12-19/h2-15,24H,1H3,(H,23,25)/t15-/m0/s1. The number of hydrogen-bond donors (Lipinski definition) is 2. The Balaban J connectivity index is 1.70. The summed E-state index contributed by atoms with van der Waals surface area (Å²) in [4.78, 5) is 12.5. The molecule has 5 nitrogen and oxygen atoms in total. The van der Waals surface area contributed by atoms with Gasteiger partial charge in [0.2, 0.25) is 0 Å². The fourth-order valence-electron chi connectivity index (χ4n) is 2.62. The van der Waals surface area contributed by atoms with Crippen LogP contribution in [0.5, 0.6) is 0 Å². The highest BCUT2D eigenvalue weighted by Crippen LogP contribution is 2.19. The van der Waals surface area contributed by atoms with Gasteiger partial charge in [0, 0.05) is 16.3 Å². The second kappa shape index (κ2) is 8.46. The van der Waals surface area contributed by atoms with Gasteiger partial charge in [-0.15, -0.1) is 0 Å². The van der Waals surface area contributed by atoms with Gasteiger partial charge in [0.05, 0.1) is 10.9 Å². The molecule has 3 rings (SSSR count). The minimum atomic E-state index is -3.76. The number of anilines is 1. The molecule has 0 aromatic heterocycles. The molecule has 1 amide bonds. The van der Waals surface area contributed by atoms with Gasteiger partial charge in [0.15, 0.2) is 0 Å². The normalized spacial score (nSPS) is 12.2. The van der Waals surface area contributed by atoms with E-state index in [0.717, 1.165) is 5.56 Å². The van der Waals surface area contributed by atoms with Crippen molar-refractivity contribution in [1.82, 2.24) is 5.32 Å². The Labute approximate surface area is 169 Å². The number of hydrogen-bond acceptors (Lipinski definition) is 3. The molecule has 3 aromatic carbocycles. The van der Waals surface area contributed by atoms with Gasteiger partial charge in [-0.25, -0.2) is 8.42 Å². The van der Waals surface area contributed by atoms with Crippen molar-refractivity contribution >= 4 is 33.2 Å². The molecule has 144 valence electrons. The summed E-state index contributed by atoms with van der Waals surface area (Å²) in [6.07, 6.45) is 0. The van der Waals surface area contributed by atoms with Gasteiger partial charge in [-0.2, -0.15) is 0 Å². The summed E-state index contributed by atoms with van der Waals surface area (Å²) >= 11 is 5.81. The first-order valence-electron chi connectivity index (χ1n) is 8.59. The van der Waals surface area contributed by atoms with Crippen LogP contribution in [0.15, 0.2) is 83.8 Å². The van der Waals surface area contributed by atoms with E-state index in [4.69, 9.17) is 11.6 Å². The molecule has 0 aliphatic heterocycles. The first kappa shape index (κ1) is 19.9. The van der Waals surface area contributed by atoms with E-state index in [1.165, 1.54) is 24.3 Å². The van der Waals surface area contributed by atoms with Crippen molar-refractivity contribution in [2.45, 2.75) is 17.9 Å². The van der Waals surface area contributed by atoms with Gasteiger partial charge >= 0.3 is 0 Å². The topological polar surface area (TPSA) is 75.3 Å². The Kier molecular flexibility index (Phi) is 6.02. The van der Waals surface area contributed by atoms with Crippen molar-refractivity contribution in [2.24, 2.45) is 0 Å². The summed E-state index contributed by atoms with van der Waals surface area (Å²) in [6.45, 7) is 1.89. The maximum Gasteiger partial charge on any atom is 0.261 e. The summed E-state index contributed by atoms with van der Waals surface area (Å²) in [7, 11) is -3.76. The van der Waals surface area contributed by atoms with Crippen LogP contribution in [0, 0.1) is 0 Å². The van der Waals surface area contributed by atoms with E-state index >= 15 is 0 Å². The number of nitrogens with one attached hydrogen (secondary N) is 2. The Bertz CT molecular complexity index is 1050. The highest BCUT2D eigenvalue weighted by atomic mass is 35.5. The SMILES string of the molecule is C[C@H](NC(=O)c1ccc(S(=O)(=O)Nc2ccc(Cl)cc2)cc1)c1ccccc1. The van der Waals surface area contributed by atoms with Crippen molar-refractivity contribution in [3.8, 4) is 0 Å². The maximum absolute atomic E-state index is 12.5. The Morgan fingerprint density at radius 1 is 0.893 bits per heavy atom. The summed E-state index contributed by atoms with van der Waals surface area (Å²) < 4.78 is 27.4. The maximum atomic E-state index is 12.5. The summed E-state index contributed by atoms with van der Waals surface area (Å²) in [6, 6.07) is 21.6. The van der Waals surface area contributed by atoms with Gasteiger partial charge in [0.25, 0.3) is 15.9 Å². The minimum absolute atomic E-state index is 0.0649. The second-order valence-corrected chi connectivity index (χ2v) is 8.36. The number of benzene rings is 3. The van der Waals surface area contributed by atoms with Crippen LogP contribution in [0.2, 0.25) is 5.02 Å². The third-order valence-corrected chi connectivity index (χ3v) is 5.82. The van der Waals surface area contributed by atoms with E-state index in [1.54, 1.807) is 24.3 Å². The monoisotopic (exact) mass is 414 g/mol. The molecule has 0 bridgehead atoms. The minimum Gasteiger partial charge on any atom is -0.346 e. The Morgan fingerprint density at radius 3 is 2.11 bits per heavy atom. The molecule has 7 heteroatoms. The highest BCUT2D eigenvalue weighted by molar-refractivity contribution is 7.92. The van der Waals surface area contributed by atoms with Gasteiger partial charge in [-0.05, 0) is 61.0 Å². The molecule has 3 aromatic rings. The number of carbonyl (C=O) groups excluding carboxylic acids is 1. The van der Waals surface area contributed by atoms with Crippen molar-refractivity contribution in [3.05, 3.63) is 95.0 Å². The lowest BCUT2D eigenvalue weighted by Gasteiger charge is -2.14. The number of carbonyl (C=O) groups is 1. The predicted octanol–water partition coefficient (Wildman–Crippen LogP) is 4.63. The van der Waals surface area contributed by atoms with Crippen LogP contribution in [0.25, 0.3) is 0 Å². The van der Waals surface area contributed by atoms with Crippen LogP contribution < -0.4 is 10.0 Å². The van der Waals surface area contributed by atoms with Crippen molar-refractivity contribution in [3.63, 3.8) is 0 Å². The molecule has 1 atom stereocenters. The summed E-state index contributed by atoms with van der Waals surface area (Å²) in [5.41, 5.74) is 1.78. The van der Waals surface area contributed by atoms with E-state index in [1.807, 2.05) is 37.3 Å². The van der Waals surface area contributed by atoms with Crippen LogP contribution in [0.1, 0.15) is 28.9 Å². The number of halogens is 1. The molecule has 0 saturated heterocycles. The molecule has 0 unspecified atom stereocenters. The molecule has 0 spiro atoms. The zero-order valence-corrected chi connectivity index (χ0v) is 16.7. The third-order valence-electron chi connectivity index (χ3n) is 4.17. The Morgan fingerprint density at radius 2 is 1.50 bits per heavy atom. The summed E-state index contributed by atoms with van der Waals surface area (Å²) in [5.74, 6) is -0.272. The number of amides is 1. The first-order valence-corrected chi connectivity index (χ1v) is 10.5. The molecular formula is C21H19ClN2O3S. The van der Waals surface area contributed by atoms with E-state index in [-0.39, 0.29) is 16.8 Å². The zero-order chi connectivity index (χ0) is 20.1. The van der Waals surface area contributed by atoms with Crippen LogP contribution in [-0.2, 0) is 10.0 Å². The fourth-order valence-corrected chi connectivity index (χ4v) is 3.81. The van der Waals surface area contributed by atoms with E-state index in [9.17, 15) is 13.2 Å². The van der Waals surface area contributed by atoms with Gasteiger partial charge in [-0.3, -0.25) is 9.52 Å². The Hall–Kier alpha value is -2.83. The molecule has 0 radical (unpaired) electrons. The molecule has 28 heavy (non-hydrogen) atoms. The second-order valence-electron chi connectivity index (χ2n) is 6.24. The van der Waals surface area contributed by atoms with Crippen LogP contribution >= 0.6 is 11.6 Å². The van der Waals surface area contributed by atoms with Crippen molar-refractivity contribution in [1.29, 1.82) is 0 Å². The lowest BCUT2D eigenvalue weighted by Crippen LogP contribution is -2.26. The van der Waals surface area contributed by atoms with Gasteiger partial charge < -0.3 is 5.32 Å². The largest absolute Gasteiger partial charge is 0.346 e. The lowest BCUT2D eigenvalue weighted by molar-refractivity contribution is 0.0940. The van der Waals surface area contributed by atoms with Crippen LogP contribution in [0.4, 0.5) is 5.69 Å². The highest BCUT2D eigenvalue weighted by Gasteiger charge is 2.16. The lowest BCUT2D eigenvalue weighted by atomic mass is 10.1. The number of sulfonamides is 1. The zero-order valence-electron chi connectivity index (χ0n) is 15.1. The van der Waals surface area contributed by atoms with E-state index in [2.05, 4.69) is 10.0 Å². The average Bonchev–Trinajstić information content (AvgIpc) is 2.70. The average molecular weight is 415 g/mol. The smallest absolute Gasteiger partial charge is 0.261 e. The molecule has 0 fully saturated rings. The van der Waals surface area contributed by atoms with Crippen molar-refractivity contribution in [2.75, 3.05) is 4.72 Å². The quantitative estimate of drug-likeness (QED) is 0.617. The van der Waals surface area contributed by atoms with E-state index < -0.39 is 10.0 Å². The number of rotatable bonds is 6. The molecule has 2 N–H and O–H groups in total. The van der Waals surface area contributed by atoms with Crippen LogP contribution in [-0.4, -0.2) is 14.3 Å².